The van der Waals surface area contributed by atoms with Crippen LogP contribution < -0.4 is 10.6 Å². The van der Waals surface area contributed by atoms with Crippen molar-refractivity contribution in [2.45, 2.75) is 19.8 Å². The van der Waals surface area contributed by atoms with Gasteiger partial charge in [-0.05, 0) is 43.4 Å². The highest BCUT2D eigenvalue weighted by atomic mass is 32.1. The number of anilines is 1. The minimum Gasteiger partial charge on any atom is -0.389 e. The molecule has 104 valence electrons. The van der Waals surface area contributed by atoms with Crippen LogP contribution in [0.25, 0.3) is 0 Å². The average molecular weight is 278 g/mol. The van der Waals surface area contributed by atoms with Crippen molar-refractivity contribution in [2.75, 3.05) is 31.7 Å². The van der Waals surface area contributed by atoms with Crippen molar-refractivity contribution < 1.29 is 4.74 Å². The molecule has 0 bridgehead atoms. The molecule has 1 aliphatic rings. The first-order valence-corrected chi connectivity index (χ1v) is 7.17. The van der Waals surface area contributed by atoms with E-state index in [1.807, 2.05) is 6.07 Å². The third-order valence-corrected chi connectivity index (χ3v) is 4.00. The van der Waals surface area contributed by atoms with E-state index in [0.717, 1.165) is 25.3 Å². The molecule has 1 fully saturated rings. The predicted octanol–water partition coefficient (Wildman–Crippen LogP) is 2.49. The normalized spacial score (nSPS) is 16.6. The van der Waals surface area contributed by atoms with Crippen LogP contribution in [0.3, 0.4) is 0 Å². The largest absolute Gasteiger partial charge is 0.389 e. The van der Waals surface area contributed by atoms with Gasteiger partial charge in [0, 0.05) is 38.1 Å². The third kappa shape index (κ3) is 3.45. The average Bonchev–Trinajstić information content (AvgIpc) is 2.39. The highest BCUT2D eigenvalue weighted by Gasteiger charge is 2.21. The third-order valence-electron chi connectivity index (χ3n) is 3.78. The first-order chi connectivity index (χ1) is 9.11. The molecule has 0 radical (unpaired) electrons. The van der Waals surface area contributed by atoms with Crippen LogP contribution in [0.4, 0.5) is 5.69 Å². The van der Waals surface area contributed by atoms with Gasteiger partial charge in [-0.2, -0.15) is 0 Å². The van der Waals surface area contributed by atoms with E-state index >= 15 is 0 Å². The van der Waals surface area contributed by atoms with Gasteiger partial charge in [0.1, 0.15) is 4.99 Å². The Bertz CT molecular complexity index is 453. The van der Waals surface area contributed by atoms with Crippen LogP contribution >= 0.6 is 12.2 Å². The predicted molar refractivity (Wildman–Crippen MR) is 83.9 cm³/mol. The Balaban J connectivity index is 2.14. The Morgan fingerprint density at radius 2 is 2.11 bits per heavy atom. The summed E-state index contributed by atoms with van der Waals surface area (Å²) in [7, 11) is 1.78. The lowest BCUT2D eigenvalue weighted by molar-refractivity contribution is 0.139. The molecule has 3 nitrogen and oxygen atoms in total. The van der Waals surface area contributed by atoms with Crippen molar-refractivity contribution >= 4 is 22.9 Å². The number of nitrogens with zero attached hydrogens (tertiary/aromatic N) is 1. The summed E-state index contributed by atoms with van der Waals surface area (Å²) in [5, 5.41) is 0. The molecule has 0 unspecified atom stereocenters. The minimum absolute atomic E-state index is 0.481. The molecular weight excluding hydrogens is 256 g/mol. The molecule has 1 aromatic rings. The number of methoxy groups -OCH3 is 1. The minimum atomic E-state index is 0.481. The van der Waals surface area contributed by atoms with Gasteiger partial charge in [-0.1, -0.05) is 18.3 Å². The maximum Gasteiger partial charge on any atom is 0.106 e. The number of aryl methyl sites for hydroxylation is 1. The second kappa shape index (κ2) is 6.35. The van der Waals surface area contributed by atoms with E-state index in [4.69, 9.17) is 22.7 Å². The number of nitrogens with two attached hydrogens (primary N) is 1. The van der Waals surface area contributed by atoms with Gasteiger partial charge in [-0.15, -0.1) is 0 Å². The lowest BCUT2D eigenvalue weighted by Crippen LogP contribution is -2.36. The fourth-order valence-corrected chi connectivity index (χ4v) is 2.86. The Morgan fingerprint density at radius 3 is 2.68 bits per heavy atom. The van der Waals surface area contributed by atoms with Crippen LogP contribution in [0.15, 0.2) is 18.2 Å². The first kappa shape index (κ1) is 14.3. The summed E-state index contributed by atoms with van der Waals surface area (Å²) < 4.78 is 5.24. The summed E-state index contributed by atoms with van der Waals surface area (Å²) >= 11 is 5.16. The van der Waals surface area contributed by atoms with E-state index in [0.29, 0.717) is 10.9 Å². The topological polar surface area (TPSA) is 38.5 Å². The maximum atomic E-state index is 5.83. The van der Waals surface area contributed by atoms with Crippen LogP contribution in [-0.2, 0) is 4.74 Å². The fourth-order valence-electron chi connectivity index (χ4n) is 2.69. The smallest absolute Gasteiger partial charge is 0.106 e. The number of rotatable bonds is 4. The monoisotopic (exact) mass is 278 g/mol. The number of thiocarbonyl (C=S) groups is 1. The zero-order valence-electron chi connectivity index (χ0n) is 11.7. The molecule has 1 aliphatic heterocycles. The number of hydrogen-bond acceptors (Lipinski definition) is 3. The number of ether oxygens (including phenoxy) is 1. The summed E-state index contributed by atoms with van der Waals surface area (Å²) in [5.74, 6) is 0.680. The van der Waals surface area contributed by atoms with Crippen LogP contribution in [0.5, 0.6) is 0 Å². The van der Waals surface area contributed by atoms with Crippen molar-refractivity contribution in [3.05, 3.63) is 29.3 Å². The van der Waals surface area contributed by atoms with E-state index in [9.17, 15) is 0 Å². The second-order valence-electron chi connectivity index (χ2n) is 5.27. The van der Waals surface area contributed by atoms with Gasteiger partial charge in [0.2, 0.25) is 0 Å². The second-order valence-corrected chi connectivity index (χ2v) is 5.71. The molecule has 0 spiro atoms. The molecule has 0 saturated carbocycles. The quantitative estimate of drug-likeness (QED) is 0.859. The molecule has 0 amide bonds. The molecule has 2 rings (SSSR count). The summed E-state index contributed by atoms with van der Waals surface area (Å²) in [6.07, 6.45) is 2.33. The molecule has 0 aromatic heterocycles. The Morgan fingerprint density at radius 1 is 1.42 bits per heavy atom. The van der Waals surface area contributed by atoms with E-state index < -0.39 is 0 Å². The molecule has 4 heteroatoms. The van der Waals surface area contributed by atoms with Crippen LogP contribution in [0.1, 0.15) is 24.0 Å². The van der Waals surface area contributed by atoms with Crippen LogP contribution in [-0.4, -0.2) is 31.8 Å². The van der Waals surface area contributed by atoms with E-state index in [2.05, 4.69) is 24.0 Å². The first-order valence-electron chi connectivity index (χ1n) is 6.76. The Kier molecular flexibility index (Phi) is 4.77. The summed E-state index contributed by atoms with van der Waals surface area (Å²) in [4.78, 5) is 2.88. The molecule has 19 heavy (non-hydrogen) atoms. The van der Waals surface area contributed by atoms with Gasteiger partial charge in [0.15, 0.2) is 0 Å². The van der Waals surface area contributed by atoms with Crippen molar-refractivity contribution in [2.24, 2.45) is 11.7 Å². The van der Waals surface area contributed by atoms with E-state index in [-0.39, 0.29) is 0 Å². The highest BCUT2D eigenvalue weighted by molar-refractivity contribution is 7.80. The van der Waals surface area contributed by atoms with Gasteiger partial charge in [-0.3, -0.25) is 0 Å². The molecular formula is C15H22N2OS. The van der Waals surface area contributed by atoms with E-state index in [1.54, 1.807) is 7.11 Å². The van der Waals surface area contributed by atoms with Gasteiger partial charge in [0.25, 0.3) is 0 Å². The van der Waals surface area contributed by atoms with Crippen LogP contribution in [0, 0.1) is 12.8 Å². The Labute approximate surface area is 120 Å². The fraction of sp³-hybridized carbons (Fsp3) is 0.533. The summed E-state index contributed by atoms with van der Waals surface area (Å²) in [5.41, 5.74) is 9.25. The lowest BCUT2D eigenvalue weighted by Gasteiger charge is -2.34. The van der Waals surface area contributed by atoms with Gasteiger partial charge >= 0.3 is 0 Å². The van der Waals surface area contributed by atoms with Crippen molar-refractivity contribution in [3.8, 4) is 0 Å². The Hall–Kier alpha value is -1.13. The standard InChI is InChI=1S/C15H22N2OS/c1-11-3-4-13(15(16)19)14(9-11)17-7-5-12(6-8-17)10-18-2/h3-4,9,12H,5-8,10H2,1-2H3,(H2,16,19). The summed E-state index contributed by atoms with van der Waals surface area (Å²) in [6, 6.07) is 6.29. The molecule has 0 aliphatic carbocycles. The maximum absolute atomic E-state index is 5.83. The summed E-state index contributed by atoms with van der Waals surface area (Å²) in [6.45, 7) is 5.06. The molecule has 0 atom stereocenters. The molecule has 2 N–H and O–H groups in total. The molecule has 1 saturated heterocycles. The van der Waals surface area contributed by atoms with Crippen LogP contribution in [0.2, 0.25) is 0 Å². The zero-order chi connectivity index (χ0) is 13.8. The molecule has 1 aromatic carbocycles. The van der Waals surface area contributed by atoms with Gasteiger partial charge < -0.3 is 15.4 Å². The molecule has 1 heterocycles. The van der Waals surface area contributed by atoms with Gasteiger partial charge in [0.05, 0.1) is 0 Å². The van der Waals surface area contributed by atoms with E-state index in [1.165, 1.54) is 24.1 Å². The van der Waals surface area contributed by atoms with Gasteiger partial charge in [-0.25, -0.2) is 0 Å². The number of piperidine rings is 1. The van der Waals surface area contributed by atoms with Crippen molar-refractivity contribution in [1.82, 2.24) is 0 Å². The lowest BCUT2D eigenvalue weighted by atomic mass is 9.96. The zero-order valence-corrected chi connectivity index (χ0v) is 12.5. The number of benzene rings is 1. The van der Waals surface area contributed by atoms with Crippen molar-refractivity contribution in [1.29, 1.82) is 0 Å². The number of hydrogen-bond donors (Lipinski definition) is 1. The SMILES string of the molecule is COCC1CCN(c2cc(C)ccc2C(N)=S)CC1. The highest BCUT2D eigenvalue weighted by Crippen LogP contribution is 2.27. The van der Waals surface area contributed by atoms with Crippen molar-refractivity contribution in [3.63, 3.8) is 0 Å².